The number of pyridine rings is 2. The quantitative estimate of drug-likeness (QED) is 0.257. The van der Waals surface area contributed by atoms with Crippen LogP contribution in [-0.4, -0.2) is 4.98 Å². The number of benzene rings is 3. The second kappa shape index (κ2) is 8.48. The fourth-order valence-electron chi connectivity index (χ4n) is 5.03. The van der Waals surface area contributed by atoms with Gasteiger partial charge in [-0.1, -0.05) is 48.5 Å². The highest BCUT2D eigenvalue weighted by Gasteiger charge is 2.23. The first-order valence-corrected chi connectivity index (χ1v) is 11.9. The third-order valence-corrected chi connectivity index (χ3v) is 6.80. The first-order chi connectivity index (χ1) is 17.5. The lowest BCUT2D eigenvalue weighted by Gasteiger charge is -2.07. The van der Waals surface area contributed by atoms with E-state index in [1.165, 1.54) is 5.56 Å². The van der Waals surface area contributed by atoms with Crippen molar-refractivity contribution in [2.24, 2.45) is 7.05 Å². The van der Waals surface area contributed by atoms with Gasteiger partial charge in [0.15, 0.2) is 6.20 Å². The zero-order chi connectivity index (χ0) is 24.8. The van der Waals surface area contributed by atoms with Crippen molar-refractivity contribution in [1.29, 1.82) is 5.26 Å². The highest BCUT2D eigenvalue weighted by molar-refractivity contribution is 6.14. The number of nitrogens with zero attached hydrogens (tertiary/aromatic N) is 3. The molecule has 0 aliphatic heterocycles. The van der Waals surface area contributed by atoms with Gasteiger partial charge in [-0.15, -0.1) is 0 Å². The smallest absolute Gasteiger partial charge is 0.216 e. The predicted molar refractivity (Wildman–Crippen MR) is 143 cm³/mol. The van der Waals surface area contributed by atoms with Crippen LogP contribution in [0.3, 0.4) is 0 Å². The minimum Gasteiger partial charge on any atom is -0.454 e. The predicted octanol–water partition coefficient (Wildman–Crippen LogP) is 7.30. The van der Waals surface area contributed by atoms with E-state index < -0.39 is 0 Å². The first-order valence-electron chi connectivity index (χ1n) is 11.9. The highest BCUT2D eigenvalue weighted by atomic mass is 16.3. The second-order valence-corrected chi connectivity index (χ2v) is 9.21. The van der Waals surface area contributed by atoms with Crippen LogP contribution >= 0.6 is 0 Å². The molecular formula is C32H24N3O+. The molecule has 3 heterocycles. The van der Waals surface area contributed by atoms with Crippen molar-refractivity contribution in [1.82, 2.24) is 4.98 Å². The Morgan fingerprint density at radius 2 is 1.53 bits per heavy atom. The Morgan fingerprint density at radius 1 is 0.778 bits per heavy atom. The fraction of sp³-hybridized carbons (Fsp3) is 0.0938. The van der Waals surface area contributed by atoms with E-state index in [4.69, 9.17) is 9.40 Å². The van der Waals surface area contributed by atoms with Crippen molar-refractivity contribution in [2.75, 3.05) is 0 Å². The SMILES string of the molecule is Cc1ccc(-c2c(C)ccc3c2oc2c(-c4ccc(-c5ccccc5)nc4)c(C#N)ccc23)[n+](C)c1. The van der Waals surface area contributed by atoms with Crippen LogP contribution in [0.4, 0.5) is 0 Å². The van der Waals surface area contributed by atoms with Gasteiger partial charge in [0, 0.05) is 45.3 Å². The number of aryl methyl sites for hydroxylation is 3. The van der Waals surface area contributed by atoms with Crippen LogP contribution in [0.5, 0.6) is 0 Å². The van der Waals surface area contributed by atoms with Crippen molar-refractivity contribution in [3.63, 3.8) is 0 Å². The minimum atomic E-state index is 0.565. The lowest BCUT2D eigenvalue weighted by molar-refractivity contribution is -0.660. The third kappa shape index (κ3) is 3.45. The Morgan fingerprint density at radius 3 is 2.22 bits per heavy atom. The Kier molecular flexibility index (Phi) is 5.13. The monoisotopic (exact) mass is 466 g/mol. The summed E-state index contributed by atoms with van der Waals surface area (Å²) < 4.78 is 8.79. The summed E-state index contributed by atoms with van der Waals surface area (Å²) in [4.78, 5) is 4.71. The molecule has 0 radical (unpaired) electrons. The molecular weight excluding hydrogens is 442 g/mol. The molecule has 0 saturated heterocycles. The van der Waals surface area contributed by atoms with Gasteiger partial charge in [0.1, 0.15) is 18.2 Å². The number of nitriles is 1. The zero-order valence-corrected chi connectivity index (χ0v) is 20.4. The van der Waals surface area contributed by atoms with Crippen molar-refractivity contribution in [2.45, 2.75) is 13.8 Å². The fourth-order valence-corrected chi connectivity index (χ4v) is 5.03. The lowest BCUT2D eigenvalue weighted by Crippen LogP contribution is -2.31. The van der Waals surface area contributed by atoms with Crippen molar-refractivity contribution >= 4 is 21.9 Å². The molecule has 0 aliphatic rings. The maximum atomic E-state index is 9.97. The van der Waals surface area contributed by atoms with Crippen LogP contribution in [-0.2, 0) is 7.05 Å². The summed E-state index contributed by atoms with van der Waals surface area (Å²) in [6, 6.07) is 28.8. The third-order valence-electron chi connectivity index (χ3n) is 6.80. The summed E-state index contributed by atoms with van der Waals surface area (Å²) in [6.07, 6.45) is 3.95. The molecule has 0 spiro atoms. The van der Waals surface area contributed by atoms with Crippen LogP contribution in [0.1, 0.15) is 16.7 Å². The highest BCUT2D eigenvalue weighted by Crippen LogP contribution is 2.41. The average molecular weight is 467 g/mol. The number of hydrogen-bond acceptors (Lipinski definition) is 3. The van der Waals surface area contributed by atoms with E-state index in [0.717, 1.165) is 55.6 Å². The van der Waals surface area contributed by atoms with Gasteiger partial charge in [0.25, 0.3) is 0 Å². The molecule has 0 amide bonds. The molecule has 3 aromatic carbocycles. The Bertz CT molecular complexity index is 1810. The van der Waals surface area contributed by atoms with Crippen LogP contribution in [0.2, 0.25) is 0 Å². The zero-order valence-electron chi connectivity index (χ0n) is 20.4. The van der Waals surface area contributed by atoms with Gasteiger partial charge in [-0.2, -0.15) is 5.26 Å². The van der Waals surface area contributed by atoms with Gasteiger partial charge in [-0.25, -0.2) is 4.57 Å². The maximum absolute atomic E-state index is 9.97. The van der Waals surface area contributed by atoms with Gasteiger partial charge >= 0.3 is 0 Å². The summed E-state index contributed by atoms with van der Waals surface area (Å²) in [5, 5.41) is 12.0. The molecule has 0 N–H and O–H groups in total. The second-order valence-electron chi connectivity index (χ2n) is 9.21. The van der Waals surface area contributed by atoms with E-state index in [2.05, 4.69) is 62.0 Å². The van der Waals surface area contributed by atoms with Crippen molar-refractivity contribution in [3.8, 4) is 39.7 Å². The van der Waals surface area contributed by atoms with Gasteiger partial charge in [0.2, 0.25) is 5.69 Å². The van der Waals surface area contributed by atoms with Crippen LogP contribution < -0.4 is 4.57 Å². The van der Waals surface area contributed by atoms with E-state index in [1.54, 1.807) is 0 Å². The molecule has 3 aromatic heterocycles. The molecule has 6 rings (SSSR count). The standard InChI is InChI=1S/C32H24N3O/c1-20-9-16-28(35(3)19-20)29-21(2)10-13-25-26-14-11-23(17-33)30(32(26)36-31(25)29)24-12-15-27(34-18-24)22-7-5-4-6-8-22/h4-16,18-19H,1-3H3/q+1. The van der Waals surface area contributed by atoms with Gasteiger partial charge in [-0.05, 0) is 43.7 Å². The summed E-state index contributed by atoms with van der Waals surface area (Å²) in [5.41, 5.74) is 10.2. The molecule has 0 unspecified atom stereocenters. The van der Waals surface area contributed by atoms with E-state index in [1.807, 2.05) is 60.8 Å². The van der Waals surface area contributed by atoms with Crippen LogP contribution in [0, 0.1) is 25.2 Å². The molecule has 4 heteroatoms. The number of furan rings is 1. The van der Waals surface area contributed by atoms with Crippen molar-refractivity contribution in [3.05, 3.63) is 108 Å². The number of aromatic nitrogens is 2. The maximum Gasteiger partial charge on any atom is 0.216 e. The molecule has 0 saturated carbocycles. The van der Waals surface area contributed by atoms with Crippen LogP contribution in [0.25, 0.3) is 55.6 Å². The number of fused-ring (bicyclic) bond motifs is 3. The molecule has 0 fully saturated rings. The molecule has 36 heavy (non-hydrogen) atoms. The molecule has 0 atom stereocenters. The number of hydrogen-bond donors (Lipinski definition) is 0. The summed E-state index contributed by atoms with van der Waals surface area (Å²) >= 11 is 0. The molecule has 0 aliphatic carbocycles. The van der Waals surface area contributed by atoms with E-state index >= 15 is 0 Å². The first kappa shape index (κ1) is 21.8. The van der Waals surface area contributed by atoms with Gasteiger partial charge in [0.05, 0.1) is 22.9 Å². The largest absolute Gasteiger partial charge is 0.454 e. The average Bonchev–Trinajstić information content (AvgIpc) is 3.28. The number of rotatable bonds is 3. The Balaban J connectivity index is 1.61. The lowest BCUT2D eigenvalue weighted by atomic mass is 9.96. The normalized spacial score (nSPS) is 11.2. The summed E-state index contributed by atoms with van der Waals surface area (Å²) in [5.74, 6) is 0. The van der Waals surface area contributed by atoms with E-state index in [9.17, 15) is 5.26 Å². The summed E-state index contributed by atoms with van der Waals surface area (Å²) in [7, 11) is 2.06. The Hall–Kier alpha value is -4.75. The van der Waals surface area contributed by atoms with Crippen LogP contribution in [0.15, 0.2) is 95.7 Å². The molecule has 172 valence electrons. The summed E-state index contributed by atoms with van der Waals surface area (Å²) in [6.45, 7) is 4.20. The van der Waals surface area contributed by atoms with E-state index in [0.29, 0.717) is 11.1 Å². The molecule has 4 nitrogen and oxygen atoms in total. The van der Waals surface area contributed by atoms with Gasteiger partial charge < -0.3 is 4.42 Å². The molecule has 6 aromatic rings. The Labute approximate surface area is 209 Å². The van der Waals surface area contributed by atoms with Crippen molar-refractivity contribution < 1.29 is 8.98 Å². The topological polar surface area (TPSA) is 53.7 Å². The minimum absolute atomic E-state index is 0.565. The van der Waals surface area contributed by atoms with E-state index in [-0.39, 0.29) is 0 Å². The molecule has 0 bridgehead atoms. The van der Waals surface area contributed by atoms with Gasteiger partial charge in [-0.3, -0.25) is 4.98 Å².